The van der Waals surface area contributed by atoms with Crippen molar-refractivity contribution in [3.8, 4) is 34.1 Å². The molecule has 0 bridgehead atoms. The zero-order chi connectivity index (χ0) is 38.1. The minimum atomic E-state index is -1.25. The molecular weight excluding hydrogens is 690 g/mol. The van der Waals surface area contributed by atoms with E-state index in [1.54, 1.807) is 45.9 Å². The molecule has 1 heterocycles. The standard InChI is InChI=1S/C43H47NO10/c1-28(40(41(45)46)44-42(47)54-43(2,3)4)31-15-16-34-37(27-31)53-26-22-49-21-25-52-36-18-14-30-10-6-8-12-33(30)39(36)38-32-11-7-5-9-29(32)13-17-35(38)51-24-20-48-19-23-50-34/h5-18,27-28,40H,19-26H2,1-4H3,(H,44,47)(H,45,46). The van der Waals surface area contributed by atoms with Gasteiger partial charge in [-0.3, -0.25) is 0 Å². The number of carbonyl (C=O) groups is 2. The van der Waals surface area contributed by atoms with E-state index < -0.39 is 29.6 Å². The average molecular weight is 738 g/mol. The van der Waals surface area contributed by atoms with E-state index in [0.29, 0.717) is 49.2 Å². The quantitative estimate of drug-likeness (QED) is 0.187. The number of nitrogens with one attached hydrogen (secondary N) is 1. The van der Waals surface area contributed by atoms with E-state index >= 15 is 0 Å². The van der Waals surface area contributed by atoms with Crippen molar-refractivity contribution >= 4 is 33.6 Å². The Morgan fingerprint density at radius 3 is 1.59 bits per heavy atom. The molecule has 5 aromatic rings. The summed E-state index contributed by atoms with van der Waals surface area (Å²) in [6.45, 7) is 9.06. The Morgan fingerprint density at radius 1 is 0.630 bits per heavy atom. The Labute approximate surface area is 315 Å². The summed E-state index contributed by atoms with van der Waals surface area (Å²) < 4.78 is 42.2. The van der Waals surface area contributed by atoms with Gasteiger partial charge < -0.3 is 43.6 Å². The highest BCUT2D eigenvalue weighted by Gasteiger charge is 2.30. The number of carbonyl (C=O) groups excluding carboxylic acids is 1. The number of benzene rings is 5. The van der Waals surface area contributed by atoms with Gasteiger partial charge in [0.05, 0.1) is 26.4 Å². The van der Waals surface area contributed by atoms with Crippen molar-refractivity contribution in [1.82, 2.24) is 5.32 Å². The smallest absolute Gasteiger partial charge is 0.408 e. The summed E-state index contributed by atoms with van der Waals surface area (Å²) in [4.78, 5) is 24.7. The first kappa shape index (κ1) is 38.2. The van der Waals surface area contributed by atoms with Crippen molar-refractivity contribution in [3.05, 3.63) is 96.6 Å². The molecule has 2 unspecified atom stereocenters. The van der Waals surface area contributed by atoms with E-state index in [1.807, 2.05) is 36.4 Å². The summed E-state index contributed by atoms with van der Waals surface area (Å²) in [5.74, 6) is 0.477. The molecule has 0 aromatic heterocycles. The summed E-state index contributed by atoms with van der Waals surface area (Å²) in [6.07, 6.45) is -0.815. The average Bonchev–Trinajstić information content (AvgIpc) is 3.15. The SMILES string of the molecule is CC(c1ccc2c(c1)OCCOCCOc1ccc3ccccc3c1-c1c(ccc3ccccc13)OCCOCCO2)C(NC(=O)OC(C)(C)C)C(=O)O. The van der Waals surface area contributed by atoms with Crippen molar-refractivity contribution < 1.29 is 47.9 Å². The molecule has 0 saturated carbocycles. The predicted octanol–water partition coefficient (Wildman–Crippen LogP) is 8.00. The maximum absolute atomic E-state index is 12.5. The van der Waals surface area contributed by atoms with Gasteiger partial charge in [-0.15, -0.1) is 0 Å². The summed E-state index contributed by atoms with van der Waals surface area (Å²) in [5, 5.41) is 16.7. The molecule has 284 valence electrons. The van der Waals surface area contributed by atoms with Crippen LogP contribution in [0.4, 0.5) is 4.79 Å². The third kappa shape index (κ3) is 9.52. The minimum Gasteiger partial charge on any atom is -0.491 e. The lowest BCUT2D eigenvalue weighted by atomic mass is 9.92. The van der Waals surface area contributed by atoms with E-state index in [-0.39, 0.29) is 26.4 Å². The van der Waals surface area contributed by atoms with Crippen molar-refractivity contribution in [3.63, 3.8) is 0 Å². The van der Waals surface area contributed by atoms with Gasteiger partial charge in [0.15, 0.2) is 11.5 Å². The zero-order valence-corrected chi connectivity index (χ0v) is 31.1. The molecule has 1 amide bonds. The number of aliphatic carboxylic acids is 1. The van der Waals surface area contributed by atoms with Gasteiger partial charge in [-0.1, -0.05) is 73.7 Å². The van der Waals surface area contributed by atoms with Crippen molar-refractivity contribution in [2.24, 2.45) is 0 Å². The van der Waals surface area contributed by atoms with Gasteiger partial charge in [0.25, 0.3) is 0 Å². The maximum atomic E-state index is 12.5. The number of ether oxygens (including phenoxy) is 7. The summed E-state index contributed by atoms with van der Waals surface area (Å²) >= 11 is 0. The highest BCUT2D eigenvalue weighted by molar-refractivity contribution is 6.09. The van der Waals surface area contributed by atoms with Crippen LogP contribution in [0.25, 0.3) is 32.7 Å². The summed E-state index contributed by atoms with van der Waals surface area (Å²) in [7, 11) is 0. The van der Waals surface area contributed by atoms with Gasteiger partial charge in [-0.25, -0.2) is 9.59 Å². The van der Waals surface area contributed by atoms with Gasteiger partial charge in [-0.05, 0) is 72.1 Å². The first-order chi connectivity index (χ1) is 26.1. The molecule has 0 spiro atoms. The third-order valence-corrected chi connectivity index (χ3v) is 8.90. The molecule has 11 heteroatoms. The van der Waals surface area contributed by atoms with E-state index in [9.17, 15) is 14.7 Å². The van der Waals surface area contributed by atoms with E-state index in [1.165, 1.54) is 0 Å². The fraction of sp³-hybridized carbons (Fsp3) is 0.349. The normalized spacial score (nSPS) is 15.7. The number of hydrogen-bond acceptors (Lipinski definition) is 9. The molecule has 11 nitrogen and oxygen atoms in total. The Kier molecular flexibility index (Phi) is 12.4. The van der Waals surface area contributed by atoms with E-state index in [4.69, 9.17) is 33.2 Å². The lowest BCUT2D eigenvalue weighted by Gasteiger charge is -2.25. The second-order valence-corrected chi connectivity index (χ2v) is 13.9. The van der Waals surface area contributed by atoms with E-state index in [2.05, 4.69) is 41.7 Å². The van der Waals surface area contributed by atoms with Crippen LogP contribution in [0, 0.1) is 0 Å². The fourth-order valence-corrected chi connectivity index (χ4v) is 6.37. The first-order valence-electron chi connectivity index (χ1n) is 18.2. The maximum Gasteiger partial charge on any atom is 0.408 e. The fourth-order valence-electron chi connectivity index (χ4n) is 6.37. The Morgan fingerprint density at radius 2 is 1.09 bits per heavy atom. The number of carboxylic acid groups (broad SMARTS) is 1. The van der Waals surface area contributed by atoms with Crippen LogP contribution in [0.15, 0.2) is 91.0 Å². The molecule has 0 radical (unpaired) electrons. The van der Waals surface area contributed by atoms with Crippen LogP contribution in [0.5, 0.6) is 23.0 Å². The van der Waals surface area contributed by atoms with Crippen LogP contribution in [0.3, 0.4) is 0 Å². The Bertz CT molecular complexity index is 2070. The van der Waals surface area contributed by atoms with Crippen LogP contribution in [0.1, 0.15) is 39.2 Å². The topological polar surface area (TPSA) is 131 Å². The predicted molar refractivity (Wildman–Crippen MR) is 206 cm³/mol. The molecule has 1 aliphatic rings. The van der Waals surface area contributed by atoms with E-state index in [0.717, 1.165) is 38.4 Å². The van der Waals surface area contributed by atoms with Gasteiger partial charge in [0.2, 0.25) is 0 Å². The molecule has 0 aliphatic carbocycles. The summed E-state index contributed by atoms with van der Waals surface area (Å²) in [5.41, 5.74) is 1.74. The lowest BCUT2D eigenvalue weighted by Crippen LogP contribution is -2.46. The monoisotopic (exact) mass is 737 g/mol. The van der Waals surface area contributed by atoms with Crippen LogP contribution >= 0.6 is 0 Å². The second kappa shape index (κ2) is 17.5. The number of alkyl carbamates (subject to hydrolysis) is 1. The molecule has 2 N–H and O–H groups in total. The van der Waals surface area contributed by atoms with Crippen molar-refractivity contribution in [1.29, 1.82) is 0 Å². The molecule has 54 heavy (non-hydrogen) atoms. The number of carboxylic acids is 1. The number of rotatable bonds is 4. The molecule has 0 fully saturated rings. The first-order valence-corrected chi connectivity index (χ1v) is 18.2. The van der Waals surface area contributed by atoms with Crippen LogP contribution in [0.2, 0.25) is 0 Å². The van der Waals surface area contributed by atoms with Gasteiger partial charge >= 0.3 is 12.1 Å². The number of fused-ring (bicyclic) bond motifs is 8. The van der Waals surface area contributed by atoms with Crippen molar-refractivity contribution in [2.75, 3.05) is 52.9 Å². The van der Waals surface area contributed by atoms with Crippen LogP contribution in [-0.2, 0) is 19.0 Å². The Hall–Kier alpha value is -5.52. The van der Waals surface area contributed by atoms with Gasteiger partial charge in [0.1, 0.15) is 49.6 Å². The molecular formula is C43H47NO10. The second-order valence-electron chi connectivity index (χ2n) is 13.9. The summed E-state index contributed by atoms with van der Waals surface area (Å²) in [6, 6.07) is 28.5. The highest BCUT2D eigenvalue weighted by Crippen LogP contribution is 2.45. The zero-order valence-electron chi connectivity index (χ0n) is 31.1. The number of hydrogen-bond donors (Lipinski definition) is 2. The minimum absolute atomic E-state index is 0.196. The van der Waals surface area contributed by atoms with Crippen molar-refractivity contribution in [2.45, 2.75) is 45.3 Å². The largest absolute Gasteiger partial charge is 0.491 e. The molecule has 6 rings (SSSR count). The molecule has 2 atom stereocenters. The molecule has 5 aromatic carbocycles. The molecule has 0 saturated heterocycles. The van der Waals surface area contributed by atoms with Gasteiger partial charge in [-0.2, -0.15) is 0 Å². The highest BCUT2D eigenvalue weighted by atomic mass is 16.6. The lowest BCUT2D eigenvalue weighted by molar-refractivity contribution is -0.140. The van der Waals surface area contributed by atoms with Gasteiger partial charge in [0, 0.05) is 17.0 Å². The number of amides is 1. The Balaban J connectivity index is 1.22. The van der Waals surface area contributed by atoms with Crippen LogP contribution < -0.4 is 24.3 Å². The van der Waals surface area contributed by atoms with Crippen LogP contribution in [-0.4, -0.2) is 81.7 Å². The third-order valence-electron chi connectivity index (χ3n) is 8.90. The molecule has 1 aliphatic heterocycles.